The van der Waals surface area contributed by atoms with Gasteiger partial charge in [-0.3, -0.25) is 0 Å². The lowest BCUT2D eigenvalue weighted by molar-refractivity contribution is -0.141. The van der Waals surface area contributed by atoms with E-state index >= 15 is 0 Å². The third kappa shape index (κ3) is 2.25. The van der Waals surface area contributed by atoms with Crippen molar-refractivity contribution in [3.63, 3.8) is 0 Å². The van der Waals surface area contributed by atoms with Gasteiger partial charge in [0, 0.05) is 5.56 Å². The summed E-state index contributed by atoms with van der Waals surface area (Å²) < 4.78 is 38.2. The van der Waals surface area contributed by atoms with Crippen LogP contribution < -0.4 is 0 Å². The van der Waals surface area contributed by atoms with Crippen molar-refractivity contribution in [1.82, 2.24) is 4.98 Å². The average molecular weight is 273 g/mol. The molecule has 1 aromatic heterocycles. The van der Waals surface area contributed by atoms with E-state index in [2.05, 4.69) is 4.98 Å². The molecule has 20 heavy (non-hydrogen) atoms. The summed E-state index contributed by atoms with van der Waals surface area (Å²) in [6.07, 6.45) is -4.43. The van der Waals surface area contributed by atoms with Crippen molar-refractivity contribution in [1.29, 1.82) is 0 Å². The van der Waals surface area contributed by atoms with E-state index in [0.717, 1.165) is 16.8 Å². The fourth-order valence-corrected chi connectivity index (χ4v) is 2.19. The minimum absolute atomic E-state index is 0.330. The molecular weight excluding hydrogens is 263 g/mol. The number of pyridine rings is 1. The number of rotatable bonds is 1. The third-order valence-electron chi connectivity index (χ3n) is 3.11. The normalized spacial score (nSPS) is 11.8. The van der Waals surface area contributed by atoms with Gasteiger partial charge in [0.05, 0.1) is 5.69 Å². The van der Waals surface area contributed by atoms with Crippen LogP contribution in [0.4, 0.5) is 13.2 Å². The Kier molecular flexibility index (Phi) is 2.93. The lowest BCUT2D eigenvalue weighted by Gasteiger charge is -2.09. The van der Waals surface area contributed by atoms with Gasteiger partial charge in [0.25, 0.3) is 0 Å². The first-order valence-electron chi connectivity index (χ1n) is 6.08. The quantitative estimate of drug-likeness (QED) is 0.613. The summed E-state index contributed by atoms with van der Waals surface area (Å²) >= 11 is 0. The highest BCUT2D eigenvalue weighted by Gasteiger charge is 2.32. The lowest BCUT2D eigenvalue weighted by atomic mass is 10.0. The van der Waals surface area contributed by atoms with Crippen molar-refractivity contribution in [2.75, 3.05) is 0 Å². The first kappa shape index (κ1) is 12.7. The van der Waals surface area contributed by atoms with E-state index in [1.54, 1.807) is 12.1 Å². The molecule has 1 heterocycles. The van der Waals surface area contributed by atoms with E-state index < -0.39 is 11.9 Å². The molecule has 0 aliphatic carbocycles. The number of fused-ring (bicyclic) bond motifs is 1. The molecule has 0 bridgehead atoms. The maximum atomic E-state index is 12.7. The van der Waals surface area contributed by atoms with Crippen LogP contribution in [-0.2, 0) is 6.18 Å². The Morgan fingerprint density at radius 2 is 1.45 bits per heavy atom. The van der Waals surface area contributed by atoms with E-state index in [1.807, 2.05) is 36.4 Å². The second-order valence-corrected chi connectivity index (χ2v) is 4.43. The molecule has 1 nitrogen and oxygen atoms in total. The third-order valence-corrected chi connectivity index (χ3v) is 3.11. The summed E-state index contributed by atoms with van der Waals surface area (Å²) in [6, 6.07) is 17.0. The largest absolute Gasteiger partial charge is 0.433 e. The van der Waals surface area contributed by atoms with E-state index in [1.165, 1.54) is 6.07 Å². The molecule has 3 rings (SSSR count). The number of hydrogen-bond acceptors (Lipinski definition) is 1. The van der Waals surface area contributed by atoms with Crippen molar-refractivity contribution < 1.29 is 13.2 Å². The van der Waals surface area contributed by atoms with E-state index in [0.29, 0.717) is 11.3 Å². The molecule has 0 radical (unpaired) electrons. The van der Waals surface area contributed by atoms with Gasteiger partial charge in [0.1, 0.15) is 5.69 Å². The Bertz CT molecular complexity index is 758. The molecule has 0 saturated heterocycles. The maximum absolute atomic E-state index is 12.7. The first-order chi connectivity index (χ1) is 9.55. The highest BCUT2D eigenvalue weighted by molar-refractivity contribution is 5.95. The molecule has 0 fully saturated rings. The molecule has 0 atom stereocenters. The standard InChI is InChI=1S/C16H10F3N/c17-16(18,19)15-10-4-9-14(20-15)13-8-3-6-11-5-1-2-7-12(11)13/h1-10H. The number of hydrogen-bond donors (Lipinski definition) is 0. The summed E-state index contributed by atoms with van der Waals surface area (Å²) in [7, 11) is 0. The number of alkyl halides is 3. The lowest BCUT2D eigenvalue weighted by Crippen LogP contribution is -2.08. The van der Waals surface area contributed by atoms with Crippen molar-refractivity contribution in [3.05, 3.63) is 66.4 Å². The average Bonchev–Trinajstić information content (AvgIpc) is 2.46. The number of halogens is 3. The van der Waals surface area contributed by atoms with Gasteiger partial charge >= 0.3 is 6.18 Å². The maximum Gasteiger partial charge on any atom is 0.433 e. The highest BCUT2D eigenvalue weighted by Crippen LogP contribution is 2.31. The molecule has 3 aromatic rings. The number of aromatic nitrogens is 1. The van der Waals surface area contributed by atoms with Crippen molar-refractivity contribution in [3.8, 4) is 11.3 Å². The molecule has 100 valence electrons. The van der Waals surface area contributed by atoms with Crippen LogP contribution in [0.15, 0.2) is 60.7 Å². The van der Waals surface area contributed by atoms with Crippen molar-refractivity contribution in [2.24, 2.45) is 0 Å². The van der Waals surface area contributed by atoms with Gasteiger partial charge in [-0.15, -0.1) is 0 Å². The topological polar surface area (TPSA) is 12.9 Å². The van der Waals surface area contributed by atoms with Gasteiger partial charge < -0.3 is 0 Å². The van der Waals surface area contributed by atoms with Crippen LogP contribution in [0.3, 0.4) is 0 Å². The second-order valence-electron chi connectivity index (χ2n) is 4.43. The molecular formula is C16H10F3N. The molecule has 4 heteroatoms. The van der Waals surface area contributed by atoms with Crippen LogP contribution in [0, 0.1) is 0 Å². The smallest absolute Gasteiger partial charge is 0.243 e. The summed E-state index contributed by atoms with van der Waals surface area (Å²) in [5.74, 6) is 0. The molecule has 0 aliphatic rings. The highest BCUT2D eigenvalue weighted by atomic mass is 19.4. The molecule has 0 N–H and O–H groups in total. The molecule has 0 saturated carbocycles. The van der Waals surface area contributed by atoms with Crippen LogP contribution in [0.25, 0.3) is 22.0 Å². The Labute approximate surface area is 113 Å². The SMILES string of the molecule is FC(F)(F)c1cccc(-c2cccc3ccccc23)n1. The fourth-order valence-electron chi connectivity index (χ4n) is 2.19. The van der Waals surface area contributed by atoms with Crippen LogP contribution in [0.1, 0.15) is 5.69 Å². The van der Waals surface area contributed by atoms with E-state index in [-0.39, 0.29) is 0 Å². The van der Waals surface area contributed by atoms with Gasteiger partial charge in [0.2, 0.25) is 0 Å². The number of nitrogens with zero attached hydrogens (tertiary/aromatic N) is 1. The zero-order valence-electron chi connectivity index (χ0n) is 10.4. The zero-order chi connectivity index (χ0) is 14.2. The Hall–Kier alpha value is -2.36. The molecule has 0 unspecified atom stereocenters. The Morgan fingerprint density at radius 3 is 2.25 bits per heavy atom. The summed E-state index contributed by atoms with van der Waals surface area (Å²) in [5, 5.41) is 1.87. The Morgan fingerprint density at radius 1 is 0.750 bits per heavy atom. The van der Waals surface area contributed by atoms with Crippen LogP contribution >= 0.6 is 0 Å². The van der Waals surface area contributed by atoms with Crippen LogP contribution in [0.5, 0.6) is 0 Å². The first-order valence-corrected chi connectivity index (χ1v) is 6.08. The molecule has 2 aromatic carbocycles. The Balaban J connectivity index is 2.21. The minimum Gasteiger partial charge on any atom is -0.243 e. The van der Waals surface area contributed by atoms with Gasteiger partial charge in [-0.25, -0.2) is 4.98 Å². The van der Waals surface area contributed by atoms with Crippen molar-refractivity contribution in [2.45, 2.75) is 6.18 Å². The van der Waals surface area contributed by atoms with E-state index in [4.69, 9.17) is 0 Å². The van der Waals surface area contributed by atoms with Gasteiger partial charge in [-0.1, -0.05) is 48.5 Å². The monoisotopic (exact) mass is 273 g/mol. The molecule has 0 aliphatic heterocycles. The summed E-state index contributed by atoms with van der Waals surface area (Å²) in [6.45, 7) is 0. The zero-order valence-corrected chi connectivity index (χ0v) is 10.4. The molecule has 0 spiro atoms. The van der Waals surface area contributed by atoms with Crippen LogP contribution in [-0.4, -0.2) is 4.98 Å². The van der Waals surface area contributed by atoms with Gasteiger partial charge in [-0.05, 0) is 22.9 Å². The fraction of sp³-hybridized carbons (Fsp3) is 0.0625. The molecule has 0 amide bonds. The second kappa shape index (κ2) is 4.63. The minimum atomic E-state index is -4.43. The van der Waals surface area contributed by atoms with Crippen molar-refractivity contribution >= 4 is 10.8 Å². The van der Waals surface area contributed by atoms with Gasteiger partial charge in [0.15, 0.2) is 0 Å². The summed E-state index contributed by atoms with van der Waals surface area (Å²) in [4.78, 5) is 3.74. The number of benzene rings is 2. The predicted octanol–water partition coefficient (Wildman–Crippen LogP) is 4.92. The summed E-state index contributed by atoms with van der Waals surface area (Å²) in [5.41, 5.74) is 0.161. The van der Waals surface area contributed by atoms with Crippen LogP contribution in [0.2, 0.25) is 0 Å². The van der Waals surface area contributed by atoms with Gasteiger partial charge in [-0.2, -0.15) is 13.2 Å². The van der Waals surface area contributed by atoms with E-state index in [9.17, 15) is 13.2 Å². The predicted molar refractivity (Wildman–Crippen MR) is 72.2 cm³/mol.